The quantitative estimate of drug-likeness (QED) is 0.710. The van der Waals surface area contributed by atoms with Crippen molar-refractivity contribution in [3.8, 4) is 5.75 Å². The van der Waals surface area contributed by atoms with E-state index in [9.17, 15) is 22.8 Å². The first kappa shape index (κ1) is 23.3. The molecular formula is C16H21F3LiN3O4. The molecular weight excluding hydrogens is 362 g/mol. The molecule has 1 heterocycles. The number of anilines is 1. The van der Waals surface area contributed by atoms with E-state index >= 15 is 0 Å². The van der Waals surface area contributed by atoms with Crippen molar-refractivity contribution in [3.05, 3.63) is 23.8 Å². The van der Waals surface area contributed by atoms with Gasteiger partial charge in [0.25, 0.3) is 0 Å². The predicted octanol–water partition coefficient (Wildman–Crippen LogP) is 0.863. The fourth-order valence-electron chi connectivity index (χ4n) is 2.44. The van der Waals surface area contributed by atoms with Gasteiger partial charge in [0.1, 0.15) is 5.75 Å². The van der Waals surface area contributed by atoms with Crippen molar-refractivity contribution in [1.82, 2.24) is 9.80 Å². The molecule has 146 valence electrons. The van der Waals surface area contributed by atoms with Crippen LogP contribution >= 0.6 is 0 Å². The van der Waals surface area contributed by atoms with Gasteiger partial charge in [0, 0.05) is 26.2 Å². The first-order valence-corrected chi connectivity index (χ1v) is 7.92. The maximum atomic E-state index is 12.4. The van der Waals surface area contributed by atoms with Crippen LogP contribution in [0.25, 0.3) is 0 Å². The normalized spacial score (nSPS) is 15.7. The first-order chi connectivity index (χ1) is 12.1. The molecule has 1 aromatic carbocycles. The number of amides is 1. The van der Waals surface area contributed by atoms with Crippen LogP contribution in [0.15, 0.2) is 18.2 Å². The fraction of sp³-hybridized carbons (Fsp3) is 0.500. The summed E-state index contributed by atoms with van der Waals surface area (Å²) in [6.45, 7) is 1.51. The van der Waals surface area contributed by atoms with Crippen molar-refractivity contribution in [2.75, 3.05) is 51.7 Å². The summed E-state index contributed by atoms with van der Waals surface area (Å²) < 4.78 is 41.8. The minimum absolute atomic E-state index is 0. The maximum absolute atomic E-state index is 12.4. The van der Waals surface area contributed by atoms with Gasteiger partial charge in [-0.25, -0.2) is 4.79 Å². The molecule has 11 heteroatoms. The Kier molecular flexibility index (Phi) is 8.62. The molecule has 2 rings (SSSR count). The van der Waals surface area contributed by atoms with Gasteiger partial charge in [-0.15, -0.1) is 0 Å². The number of nitrogens with zero attached hydrogens (tertiary/aromatic N) is 2. The van der Waals surface area contributed by atoms with E-state index in [4.69, 9.17) is 5.11 Å². The summed E-state index contributed by atoms with van der Waals surface area (Å²) in [7, 11) is 1.97. The molecule has 27 heavy (non-hydrogen) atoms. The summed E-state index contributed by atoms with van der Waals surface area (Å²) in [6.07, 6.45) is -4.55. The number of ether oxygens (including phenoxy) is 1. The number of hydrogen-bond donors (Lipinski definition) is 2. The van der Waals surface area contributed by atoms with Crippen LogP contribution in [0.3, 0.4) is 0 Å². The standard InChI is InChI=1S/C16H20F3N3O4.Li.H/c1-21-4-6-22(7-5-21)9-14(23)20-12-8-11(15(24)25)2-3-13(12)26-10-16(17,18)19;;/h2-3,8H,4-7,9-10H2,1H3,(H,20,23)(H,24,25);;. The first-order valence-electron chi connectivity index (χ1n) is 7.92. The van der Waals surface area contributed by atoms with Gasteiger partial charge in [-0.05, 0) is 25.2 Å². The number of carbonyl (C=O) groups excluding carboxylic acids is 1. The van der Waals surface area contributed by atoms with Crippen LogP contribution < -0.4 is 10.1 Å². The van der Waals surface area contributed by atoms with E-state index in [-0.39, 0.29) is 42.4 Å². The van der Waals surface area contributed by atoms with Crippen molar-refractivity contribution in [2.45, 2.75) is 6.18 Å². The summed E-state index contributed by atoms with van der Waals surface area (Å²) >= 11 is 0. The van der Waals surface area contributed by atoms with Crippen molar-refractivity contribution < 1.29 is 32.6 Å². The topological polar surface area (TPSA) is 82.1 Å². The molecule has 0 atom stereocenters. The average molecular weight is 383 g/mol. The Balaban J connectivity index is 0.00000364. The van der Waals surface area contributed by atoms with Crippen LogP contribution in [0, 0.1) is 0 Å². The molecule has 1 amide bonds. The molecule has 0 radical (unpaired) electrons. The number of hydrogen-bond acceptors (Lipinski definition) is 5. The van der Waals surface area contributed by atoms with E-state index < -0.39 is 24.7 Å². The van der Waals surface area contributed by atoms with Gasteiger partial charge in [0.15, 0.2) is 6.61 Å². The third-order valence-corrected chi connectivity index (χ3v) is 3.86. The van der Waals surface area contributed by atoms with E-state index in [1.165, 1.54) is 0 Å². The Bertz CT molecular complexity index is 665. The second kappa shape index (κ2) is 9.99. The zero-order valence-electron chi connectivity index (χ0n) is 14.2. The van der Waals surface area contributed by atoms with Gasteiger partial charge in [0.05, 0.1) is 17.8 Å². The molecule has 2 N–H and O–H groups in total. The Morgan fingerprint density at radius 2 is 1.85 bits per heavy atom. The molecule has 1 fully saturated rings. The monoisotopic (exact) mass is 383 g/mol. The molecule has 0 aromatic heterocycles. The predicted molar refractivity (Wildman–Crippen MR) is 94.7 cm³/mol. The van der Waals surface area contributed by atoms with Crippen LogP contribution in [0.2, 0.25) is 0 Å². The third-order valence-electron chi connectivity index (χ3n) is 3.86. The summed E-state index contributed by atoms with van der Waals surface area (Å²) in [5, 5.41) is 11.5. The van der Waals surface area contributed by atoms with Crippen molar-refractivity contribution in [1.29, 1.82) is 0 Å². The number of carboxylic acids is 1. The van der Waals surface area contributed by atoms with Gasteiger partial charge in [-0.2, -0.15) is 13.2 Å². The van der Waals surface area contributed by atoms with E-state index in [1.54, 1.807) is 0 Å². The van der Waals surface area contributed by atoms with Crippen molar-refractivity contribution >= 4 is 36.4 Å². The molecule has 0 aliphatic carbocycles. The summed E-state index contributed by atoms with van der Waals surface area (Å²) in [5.74, 6) is -1.95. The number of rotatable bonds is 6. The number of halogens is 3. The van der Waals surface area contributed by atoms with Crippen molar-refractivity contribution in [2.24, 2.45) is 0 Å². The molecule has 0 bridgehead atoms. The van der Waals surface area contributed by atoms with Crippen LogP contribution in [-0.2, 0) is 4.79 Å². The zero-order valence-corrected chi connectivity index (χ0v) is 14.2. The number of likely N-dealkylation sites (N-methyl/N-ethyl adjacent to an activating group) is 1. The number of carboxylic acid groups (broad SMARTS) is 1. The molecule has 1 aliphatic rings. The van der Waals surface area contributed by atoms with E-state index in [2.05, 4.69) is 15.0 Å². The van der Waals surface area contributed by atoms with E-state index in [0.717, 1.165) is 31.3 Å². The van der Waals surface area contributed by atoms with Crippen LogP contribution in [0.5, 0.6) is 5.75 Å². The Labute approximate surface area is 166 Å². The fourth-order valence-corrected chi connectivity index (χ4v) is 2.44. The summed E-state index contributed by atoms with van der Waals surface area (Å²) in [6, 6.07) is 3.29. The van der Waals surface area contributed by atoms with Gasteiger partial charge in [-0.1, -0.05) is 0 Å². The van der Waals surface area contributed by atoms with Gasteiger partial charge >= 0.3 is 31.0 Å². The summed E-state index contributed by atoms with van der Waals surface area (Å²) in [5.41, 5.74) is -0.271. The number of piperazine rings is 1. The molecule has 1 saturated heterocycles. The van der Waals surface area contributed by atoms with Crippen LogP contribution in [-0.4, -0.2) is 98.2 Å². The third kappa shape index (κ3) is 7.80. The van der Waals surface area contributed by atoms with Crippen LogP contribution in [0.1, 0.15) is 10.4 Å². The Morgan fingerprint density at radius 3 is 2.41 bits per heavy atom. The number of aromatic carboxylic acids is 1. The van der Waals surface area contributed by atoms with Crippen molar-refractivity contribution in [3.63, 3.8) is 0 Å². The number of alkyl halides is 3. The molecule has 0 saturated carbocycles. The molecule has 0 unspecified atom stereocenters. The number of carbonyl (C=O) groups is 2. The Hall–Kier alpha value is -1.73. The second-order valence-electron chi connectivity index (χ2n) is 6.05. The minimum atomic E-state index is -4.55. The molecule has 1 aliphatic heterocycles. The molecule has 7 nitrogen and oxygen atoms in total. The molecule has 1 aromatic rings. The van der Waals surface area contributed by atoms with E-state index in [1.807, 2.05) is 11.9 Å². The van der Waals surface area contributed by atoms with Gasteiger partial charge in [-0.3, -0.25) is 9.69 Å². The number of nitrogens with one attached hydrogen (secondary N) is 1. The number of benzene rings is 1. The summed E-state index contributed by atoms with van der Waals surface area (Å²) in [4.78, 5) is 27.3. The van der Waals surface area contributed by atoms with Gasteiger partial charge in [0.2, 0.25) is 5.91 Å². The van der Waals surface area contributed by atoms with Gasteiger partial charge < -0.3 is 20.1 Å². The second-order valence-corrected chi connectivity index (χ2v) is 6.05. The van der Waals surface area contributed by atoms with Crippen LogP contribution in [0.4, 0.5) is 18.9 Å². The average Bonchev–Trinajstić information content (AvgIpc) is 2.54. The zero-order chi connectivity index (χ0) is 19.3. The Morgan fingerprint density at radius 1 is 1.22 bits per heavy atom. The molecule has 0 spiro atoms. The van der Waals surface area contributed by atoms with E-state index in [0.29, 0.717) is 13.1 Å². The SMILES string of the molecule is CN1CCN(CC(=O)Nc2cc(C(=O)O)ccc2OCC(F)(F)F)CC1.[LiH].